The van der Waals surface area contributed by atoms with Crippen LogP contribution in [0, 0.1) is 20.2 Å². The van der Waals surface area contributed by atoms with Gasteiger partial charge in [0.05, 0.1) is 9.85 Å². The summed E-state index contributed by atoms with van der Waals surface area (Å²) in [5.41, 5.74) is -0.613. The number of benzene rings is 1. The highest BCUT2D eigenvalue weighted by molar-refractivity contribution is 6.05. The SMILES string of the molecule is O=C(Nc1ccc([N+](=O)[O-])cc1)c1[nH]ncc1[N+](=O)[O-]. The fraction of sp³-hybridized carbons (Fsp3) is 0. The highest BCUT2D eigenvalue weighted by Gasteiger charge is 2.22. The molecule has 0 fully saturated rings. The van der Waals surface area contributed by atoms with Gasteiger partial charge in [-0.05, 0) is 12.1 Å². The third kappa shape index (κ3) is 2.58. The minimum atomic E-state index is -0.761. The molecule has 0 aliphatic carbocycles. The van der Waals surface area contributed by atoms with Gasteiger partial charge in [0.2, 0.25) is 5.69 Å². The number of carbonyl (C=O) groups is 1. The maximum atomic E-state index is 11.8. The number of nitro benzene ring substituents is 1. The molecule has 0 unspecified atom stereocenters. The monoisotopic (exact) mass is 277 g/mol. The van der Waals surface area contributed by atoms with E-state index in [1.165, 1.54) is 24.3 Å². The molecule has 0 aliphatic rings. The number of aromatic nitrogens is 2. The van der Waals surface area contributed by atoms with Gasteiger partial charge < -0.3 is 5.32 Å². The molecule has 1 aromatic carbocycles. The molecule has 2 N–H and O–H groups in total. The third-order valence-corrected chi connectivity index (χ3v) is 2.38. The van der Waals surface area contributed by atoms with E-state index in [1.807, 2.05) is 0 Å². The van der Waals surface area contributed by atoms with E-state index in [0.29, 0.717) is 0 Å². The van der Waals surface area contributed by atoms with E-state index in [4.69, 9.17) is 0 Å². The highest BCUT2D eigenvalue weighted by atomic mass is 16.6. The zero-order chi connectivity index (χ0) is 14.7. The van der Waals surface area contributed by atoms with Gasteiger partial charge in [0, 0.05) is 17.8 Å². The zero-order valence-electron chi connectivity index (χ0n) is 9.77. The number of H-pyrrole nitrogens is 1. The minimum absolute atomic E-state index is 0.129. The van der Waals surface area contributed by atoms with Crippen molar-refractivity contribution in [1.29, 1.82) is 0 Å². The van der Waals surface area contributed by atoms with Crippen molar-refractivity contribution in [2.24, 2.45) is 0 Å². The van der Waals surface area contributed by atoms with Crippen molar-refractivity contribution in [3.63, 3.8) is 0 Å². The van der Waals surface area contributed by atoms with Crippen molar-refractivity contribution >= 4 is 23.0 Å². The van der Waals surface area contributed by atoms with E-state index in [0.717, 1.165) is 6.20 Å². The van der Waals surface area contributed by atoms with Crippen molar-refractivity contribution in [1.82, 2.24) is 10.2 Å². The van der Waals surface area contributed by atoms with Crippen LogP contribution in [0.2, 0.25) is 0 Å². The van der Waals surface area contributed by atoms with Crippen LogP contribution < -0.4 is 5.32 Å². The average molecular weight is 277 g/mol. The summed E-state index contributed by atoms with van der Waals surface area (Å²) in [5.74, 6) is -0.761. The molecule has 0 aliphatic heterocycles. The van der Waals surface area contributed by atoms with Crippen molar-refractivity contribution < 1.29 is 14.6 Å². The molecule has 1 amide bonds. The Morgan fingerprint density at radius 2 is 1.80 bits per heavy atom. The first-order valence-corrected chi connectivity index (χ1v) is 5.22. The van der Waals surface area contributed by atoms with E-state index in [9.17, 15) is 25.0 Å². The second kappa shape index (κ2) is 5.14. The Morgan fingerprint density at radius 1 is 1.15 bits per heavy atom. The van der Waals surface area contributed by atoms with E-state index in [2.05, 4.69) is 15.5 Å². The van der Waals surface area contributed by atoms with E-state index in [-0.39, 0.29) is 17.1 Å². The normalized spacial score (nSPS) is 10.0. The number of nitrogens with one attached hydrogen (secondary N) is 2. The lowest BCUT2D eigenvalue weighted by Crippen LogP contribution is -2.14. The lowest BCUT2D eigenvalue weighted by atomic mass is 10.2. The van der Waals surface area contributed by atoms with Gasteiger partial charge in [-0.3, -0.25) is 30.1 Å². The van der Waals surface area contributed by atoms with Crippen molar-refractivity contribution in [2.75, 3.05) is 5.32 Å². The predicted octanol–water partition coefficient (Wildman–Crippen LogP) is 1.48. The number of nitro groups is 2. The lowest BCUT2D eigenvalue weighted by molar-refractivity contribution is -0.385. The molecule has 20 heavy (non-hydrogen) atoms. The van der Waals surface area contributed by atoms with E-state index >= 15 is 0 Å². The van der Waals surface area contributed by atoms with E-state index < -0.39 is 21.4 Å². The van der Waals surface area contributed by atoms with Crippen molar-refractivity contribution in [2.45, 2.75) is 0 Å². The summed E-state index contributed by atoms with van der Waals surface area (Å²) in [7, 11) is 0. The largest absolute Gasteiger partial charge is 0.320 e. The molecule has 10 nitrogen and oxygen atoms in total. The van der Waals surface area contributed by atoms with Gasteiger partial charge in [-0.15, -0.1) is 0 Å². The minimum Gasteiger partial charge on any atom is -0.320 e. The first-order chi connectivity index (χ1) is 9.49. The van der Waals surface area contributed by atoms with E-state index in [1.54, 1.807) is 0 Å². The van der Waals surface area contributed by atoms with Gasteiger partial charge in [-0.2, -0.15) is 5.10 Å². The van der Waals surface area contributed by atoms with Crippen molar-refractivity contribution in [3.8, 4) is 0 Å². The Bertz CT molecular complexity index is 678. The molecule has 10 heteroatoms. The Balaban J connectivity index is 2.17. The van der Waals surface area contributed by atoms with Gasteiger partial charge in [0.25, 0.3) is 11.6 Å². The first kappa shape index (κ1) is 13.1. The summed E-state index contributed by atoms with van der Waals surface area (Å²) in [6.07, 6.45) is 0.921. The molecule has 0 radical (unpaired) electrons. The molecule has 2 aromatic rings. The predicted molar refractivity (Wildman–Crippen MR) is 66.3 cm³/mol. The highest BCUT2D eigenvalue weighted by Crippen LogP contribution is 2.19. The van der Waals surface area contributed by atoms with Crippen LogP contribution in [0.4, 0.5) is 17.1 Å². The average Bonchev–Trinajstić information content (AvgIpc) is 2.88. The van der Waals surface area contributed by atoms with Gasteiger partial charge >= 0.3 is 5.69 Å². The van der Waals surface area contributed by atoms with Crippen LogP contribution in [-0.4, -0.2) is 26.0 Å². The number of non-ortho nitro benzene ring substituents is 1. The molecule has 0 saturated carbocycles. The topological polar surface area (TPSA) is 144 Å². The quantitative estimate of drug-likeness (QED) is 0.639. The maximum Gasteiger partial charge on any atom is 0.319 e. The van der Waals surface area contributed by atoms with Gasteiger partial charge in [0.1, 0.15) is 6.20 Å². The second-order valence-electron chi connectivity index (χ2n) is 3.65. The fourth-order valence-electron chi connectivity index (χ4n) is 1.45. The van der Waals surface area contributed by atoms with Gasteiger partial charge in [-0.1, -0.05) is 0 Å². The molecule has 0 atom stereocenters. The maximum absolute atomic E-state index is 11.8. The van der Waals surface area contributed by atoms with Crippen LogP contribution in [0.5, 0.6) is 0 Å². The number of carbonyl (C=O) groups excluding carboxylic acids is 1. The molecular weight excluding hydrogens is 270 g/mol. The molecule has 0 spiro atoms. The van der Waals surface area contributed by atoms with Crippen LogP contribution >= 0.6 is 0 Å². The van der Waals surface area contributed by atoms with Crippen LogP contribution in [0.15, 0.2) is 30.5 Å². The molecule has 0 bridgehead atoms. The standard InChI is InChI=1S/C10H7N5O5/c16-10(9-8(15(19)20)5-11-13-9)12-6-1-3-7(4-2-6)14(17)18/h1-5H,(H,11,13)(H,12,16). The summed E-state index contributed by atoms with van der Waals surface area (Å²) in [6.45, 7) is 0. The summed E-state index contributed by atoms with van der Waals surface area (Å²) in [5, 5.41) is 29.1. The molecule has 102 valence electrons. The van der Waals surface area contributed by atoms with Crippen LogP contribution in [-0.2, 0) is 0 Å². The summed E-state index contributed by atoms with van der Waals surface area (Å²) < 4.78 is 0. The third-order valence-electron chi connectivity index (χ3n) is 2.38. The molecule has 2 rings (SSSR count). The molecule has 1 heterocycles. The van der Waals surface area contributed by atoms with Gasteiger partial charge in [-0.25, -0.2) is 0 Å². The first-order valence-electron chi connectivity index (χ1n) is 5.22. The van der Waals surface area contributed by atoms with Crippen LogP contribution in [0.25, 0.3) is 0 Å². The number of amides is 1. The Labute approximate surface area is 110 Å². The summed E-state index contributed by atoms with van der Waals surface area (Å²) in [4.78, 5) is 31.6. The van der Waals surface area contributed by atoms with Crippen molar-refractivity contribution in [3.05, 3.63) is 56.4 Å². The Morgan fingerprint density at radius 3 is 2.35 bits per heavy atom. The molecule has 0 saturated heterocycles. The van der Waals surface area contributed by atoms with Crippen LogP contribution in [0.1, 0.15) is 10.5 Å². The molecular formula is C10H7N5O5. The number of hydrogen-bond acceptors (Lipinski definition) is 6. The second-order valence-corrected chi connectivity index (χ2v) is 3.65. The number of rotatable bonds is 4. The Kier molecular flexibility index (Phi) is 3.37. The summed E-state index contributed by atoms with van der Waals surface area (Å²) >= 11 is 0. The van der Waals surface area contributed by atoms with Crippen LogP contribution in [0.3, 0.4) is 0 Å². The number of anilines is 1. The smallest absolute Gasteiger partial charge is 0.319 e. The number of nitrogens with zero attached hydrogens (tertiary/aromatic N) is 3. The van der Waals surface area contributed by atoms with Gasteiger partial charge in [0.15, 0.2) is 0 Å². The zero-order valence-corrected chi connectivity index (χ0v) is 9.77. The molecule has 1 aromatic heterocycles. The Hall–Kier alpha value is -3.30. The lowest BCUT2D eigenvalue weighted by Gasteiger charge is -2.02. The summed E-state index contributed by atoms with van der Waals surface area (Å²) in [6, 6.07) is 5.05. The number of hydrogen-bond donors (Lipinski definition) is 2. The fourth-order valence-corrected chi connectivity index (χ4v) is 1.45. The number of aromatic amines is 1.